The van der Waals surface area contributed by atoms with Gasteiger partial charge < -0.3 is 14.6 Å². The molecule has 8 nitrogen and oxygen atoms in total. The van der Waals surface area contributed by atoms with E-state index in [0.29, 0.717) is 19.5 Å². The lowest BCUT2D eigenvalue weighted by molar-refractivity contribution is -0.127. The highest BCUT2D eigenvalue weighted by Gasteiger charge is 2.33. The molecule has 1 amide bonds. The molecule has 2 heterocycles. The second kappa shape index (κ2) is 5.49. The Labute approximate surface area is 122 Å². The largest absolute Gasteiger partial charge is 0.477 e. The highest BCUT2D eigenvalue weighted by molar-refractivity contribution is 7.89. The molecule has 0 aromatic carbocycles. The molecular weight excluding hydrogens is 298 g/mol. The molecule has 0 bridgehead atoms. The Balaban J connectivity index is 2.28. The highest BCUT2D eigenvalue weighted by Crippen LogP contribution is 2.17. The number of aryl methyl sites for hydroxylation is 1. The first-order valence-corrected chi connectivity index (χ1v) is 7.95. The van der Waals surface area contributed by atoms with Gasteiger partial charge in [-0.3, -0.25) is 4.79 Å². The van der Waals surface area contributed by atoms with Crippen molar-refractivity contribution in [2.45, 2.75) is 30.8 Å². The molecule has 0 radical (unpaired) electrons. The van der Waals surface area contributed by atoms with Gasteiger partial charge in [0.1, 0.15) is 16.6 Å². The third-order valence-corrected chi connectivity index (χ3v) is 4.91. The molecule has 1 aliphatic heterocycles. The summed E-state index contributed by atoms with van der Waals surface area (Å²) in [6, 6.07) is 0.301. The predicted molar refractivity (Wildman–Crippen MR) is 73.4 cm³/mol. The maximum atomic E-state index is 12.3. The lowest BCUT2D eigenvalue weighted by Gasteiger charge is -2.11. The van der Waals surface area contributed by atoms with Crippen LogP contribution in [0.4, 0.5) is 0 Å². The number of aromatic nitrogens is 1. The minimum Gasteiger partial charge on any atom is -0.477 e. The van der Waals surface area contributed by atoms with E-state index in [1.54, 1.807) is 14.0 Å². The van der Waals surface area contributed by atoms with Crippen LogP contribution in [0.25, 0.3) is 0 Å². The topological polar surface area (TPSA) is 109 Å². The summed E-state index contributed by atoms with van der Waals surface area (Å²) in [5.41, 5.74) is -0.104. The van der Waals surface area contributed by atoms with Crippen LogP contribution in [0.15, 0.2) is 17.2 Å². The van der Waals surface area contributed by atoms with Crippen LogP contribution in [0, 0.1) is 0 Å². The smallest absolute Gasteiger partial charge is 0.352 e. The van der Waals surface area contributed by atoms with E-state index in [1.807, 2.05) is 0 Å². The van der Waals surface area contributed by atoms with Gasteiger partial charge in [-0.1, -0.05) is 0 Å². The van der Waals surface area contributed by atoms with Crippen molar-refractivity contribution in [3.8, 4) is 0 Å². The zero-order valence-corrected chi connectivity index (χ0v) is 12.6. The Kier molecular flexibility index (Phi) is 4.06. The molecular formula is C12H17N3O5S. The first-order chi connectivity index (χ1) is 9.76. The average molecular weight is 315 g/mol. The molecule has 1 aromatic heterocycles. The van der Waals surface area contributed by atoms with Crippen LogP contribution in [0.2, 0.25) is 0 Å². The van der Waals surface area contributed by atoms with E-state index < -0.39 is 22.0 Å². The Morgan fingerprint density at radius 1 is 1.52 bits per heavy atom. The average Bonchev–Trinajstić information content (AvgIpc) is 2.98. The highest BCUT2D eigenvalue weighted by atomic mass is 32.2. The lowest BCUT2D eigenvalue weighted by atomic mass is 10.3. The van der Waals surface area contributed by atoms with Gasteiger partial charge in [-0.15, -0.1) is 0 Å². The fourth-order valence-corrected chi connectivity index (χ4v) is 3.52. The summed E-state index contributed by atoms with van der Waals surface area (Å²) >= 11 is 0. The summed E-state index contributed by atoms with van der Waals surface area (Å²) in [7, 11) is -2.32. The number of sulfonamides is 1. The number of amides is 1. The van der Waals surface area contributed by atoms with Crippen LogP contribution in [-0.4, -0.2) is 54.5 Å². The van der Waals surface area contributed by atoms with Crippen molar-refractivity contribution in [2.75, 3.05) is 13.6 Å². The number of hydrogen-bond donors (Lipinski definition) is 2. The lowest BCUT2D eigenvalue weighted by Crippen LogP contribution is -2.40. The van der Waals surface area contributed by atoms with Crippen LogP contribution in [-0.2, 0) is 21.4 Å². The third kappa shape index (κ3) is 2.93. The van der Waals surface area contributed by atoms with Gasteiger partial charge in [-0.25, -0.2) is 13.2 Å². The summed E-state index contributed by atoms with van der Waals surface area (Å²) in [4.78, 5) is 24.1. The molecule has 1 unspecified atom stereocenters. The van der Waals surface area contributed by atoms with Crippen LogP contribution >= 0.6 is 0 Å². The molecule has 0 saturated carbocycles. The second-order valence-corrected chi connectivity index (χ2v) is 6.59. The molecule has 1 atom stereocenters. The van der Waals surface area contributed by atoms with Crippen LogP contribution in [0.5, 0.6) is 0 Å². The van der Waals surface area contributed by atoms with Crippen LogP contribution < -0.4 is 4.72 Å². The van der Waals surface area contributed by atoms with Crippen molar-refractivity contribution < 1.29 is 23.1 Å². The van der Waals surface area contributed by atoms with E-state index in [9.17, 15) is 18.0 Å². The molecule has 0 spiro atoms. The first-order valence-electron chi connectivity index (χ1n) is 6.47. The van der Waals surface area contributed by atoms with Gasteiger partial charge in [0.05, 0.1) is 0 Å². The van der Waals surface area contributed by atoms with Crippen molar-refractivity contribution in [3.05, 3.63) is 18.0 Å². The number of carboxylic acids is 1. The molecule has 2 N–H and O–H groups in total. The number of likely N-dealkylation sites (tertiary alicyclic amines) is 1. The third-order valence-electron chi connectivity index (χ3n) is 3.47. The number of carbonyl (C=O) groups excluding carboxylic acids is 1. The molecule has 1 fully saturated rings. The van der Waals surface area contributed by atoms with Crippen molar-refractivity contribution in [1.29, 1.82) is 0 Å². The van der Waals surface area contributed by atoms with Gasteiger partial charge in [0.2, 0.25) is 15.9 Å². The van der Waals surface area contributed by atoms with Gasteiger partial charge in [-0.05, 0) is 19.4 Å². The monoisotopic (exact) mass is 315 g/mol. The maximum Gasteiger partial charge on any atom is 0.352 e. The number of carbonyl (C=O) groups is 2. The number of carboxylic acid groups (broad SMARTS) is 1. The van der Waals surface area contributed by atoms with E-state index in [-0.39, 0.29) is 16.5 Å². The number of hydrogen-bond acceptors (Lipinski definition) is 4. The van der Waals surface area contributed by atoms with Crippen molar-refractivity contribution in [1.82, 2.24) is 14.2 Å². The van der Waals surface area contributed by atoms with Gasteiger partial charge in [0.15, 0.2) is 0 Å². The minimum atomic E-state index is -3.93. The number of nitrogens with one attached hydrogen (secondary N) is 1. The zero-order chi connectivity index (χ0) is 15.8. The van der Waals surface area contributed by atoms with Gasteiger partial charge in [0.25, 0.3) is 0 Å². The molecule has 2 rings (SSSR count). The predicted octanol–water partition coefficient (Wildman–Crippen LogP) is -0.285. The Morgan fingerprint density at radius 2 is 2.19 bits per heavy atom. The Morgan fingerprint density at radius 3 is 2.62 bits per heavy atom. The molecule has 0 aliphatic carbocycles. The van der Waals surface area contributed by atoms with E-state index in [1.165, 1.54) is 15.7 Å². The molecule has 1 aromatic rings. The molecule has 116 valence electrons. The van der Waals surface area contributed by atoms with Crippen molar-refractivity contribution in [3.63, 3.8) is 0 Å². The molecule has 9 heteroatoms. The van der Waals surface area contributed by atoms with Gasteiger partial charge in [0, 0.05) is 26.3 Å². The van der Waals surface area contributed by atoms with Crippen molar-refractivity contribution in [2.24, 2.45) is 0 Å². The normalized spacial score (nSPS) is 19.2. The zero-order valence-electron chi connectivity index (χ0n) is 11.7. The van der Waals surface area contributed by atoms with E-state index in [2.05, 4.69) is 4.72 Å². The van der Waals surface area contributed by atoms with E-state index in [4.69, 9.17) is 5.11 Å². The summed E-state index contributed by atoms with van der Waals surface area (Å²) in [6.45, 7) is 2.54. The summed E-state index contributed by atoms with van der Waals surface area (Å²) in [6.07, 6.45) is 1.66. The molecule has 1 aliphatic rings. The number of likely N-dealkylation sites (N-methyl/N-ethyl adjacent to an activating group) is 1. The maximum absolute atomic E-state index is 12.3. The van der Waals surface area contributed by atoms with E-state index in [0.717, 1.165) is 6.07 Å². The minimum absolute atomic E-state index is 0.104. The number of nitrogens with zero attached hydrogens (tertiary/aromatic N) is 2. The summed E-state index contributed by atoms with van der Waals surface area (Å²) in [5, 5.41) is 9.04. The second-order valence-electron chi connectivity index (χ2n) is 4.87. The number of rotatable bonds is 5. The van der Waals surface area contributed by atoms with Crippen LogP contribution in [0.1, 0.15) is 23.8 Å². The van der Waals surface area contributed by atoms with Crippen LogP contribution in [0.3, 0.4) is 0 Å². The Hall–Kier alpha value is -1.87. The summed E-state index contributed by atoms with van der Waals surface area (Å²) in [5.74, 6) is -1.48. The molecule has 21 heavy (non-hydrogen) atoms. The fraction of sp³-hybridized carbons (Fsp3) is 0.500. The van der Waals surface area contributed by atoms with Crippen molar-refractivity contribution >= 4 is 21.9 Å². The quantitative estimate of drug-likeness (QED) is 0.776. The Bertz CT molecular complexity index is 679. The summed E-state index contributed by atoms with van der Waals surface area (Å²) < 4.78 is 28.2. The standard InChI is InChI=1S/C12H17N3O5S/c1-3-15-7-8(6-10(15)12(17)18)21(19,20)13-9-4-5-14(2)11(9)16/h6-7,9,13H,3-5H2,1-2H3,(H,17,18). The number of aromatic carboxylic acids is 1. The molecule has 1 saturated heterocycles. The van der Waals surface area contributed by atoms with Gasteiger partial charge >= 0.3 is 5.97 Å². The van der Waals surface area contributed by atoms with E-state index >= 15 is 0 Å². The SMILES string of the molecule is CCn1cc(S(=O)(=O)NC2CCN(C)C2=O)cc1C(=O)O. The fourth-order valence-electron chi connectivity index (χ4n) is 2.26. The van der Waals surface area contributed by atoms with Gasteiger partial charge in [-0.2, -0.15) is 4.72 Å². The first kappa shape index (κ1) is 15.5.